The Labute approximate surface area is 137 Å². The van der Waals surface area contributed by atoms with Gasteiger partial charge < -0.3 is 19.7 Å². The van der Waals surface area contributed by atoms with Crippen molar-refractivity contribution in [3.8, 4) is 0 Å². The molecule has 1 aromatic rings. The molecular formula is C17H25N3O3. The lowest BCUT2D eigenvalue weighted by atomic mass is 10.0. The van der Waals surface area contributed by atoms with Crippen LogP contribution < -0.4 is 5.32 Å². The Kier molecular flexibility index (Phi) is 6.40. The third-order valence-electron chi connectivity index (χ3n) is 3.95. The van der Waals surface area contributed by atoms with E-state index in [2.05, 4.69) is 39.0 Å². The molecule has 0 spiro atoms. The van der Waals surface area contributed by atoms with Crippen LogP contribution in [0.5, 0.6) is 0 Å². The van der Waals surface area contributed by atoms with Gasteiger partial charge in [0.2, 0.25) is 0 Å². The number of morpholine rings is 1. The topological polar surface area (TPSA) is 63.2 Å². The van der Waals surface area contributed by atoms with Crippen LogP contribution in [0.15, 0.2) is 29.3 Å². The van der Waals surface area contributed by atoms with Crippen LogP contribution in [-0.2, 0) is 14.3 Å². The summed E-state index contributed by atoms with van der Waals surface area (Å²) in [7, 11) is 3.14. The molecule has 0 amide bonds. The van der Waals surface area contributed by atoms with Crippen LogP contribution in [0.1, 0.15) is 23.7 Å². The van der Waals surface area contributed by atoms with Crippen LogP contribution >= 0.6 is 0 Å². The second kappa shape index (κ2) is 8.53. The summed E-state index contributed by atoms with van der Waals surface area (Å²) in [6, 6.07) is 8.28. The molecule has 6 heteroatoms. The number of guanidine groups is 1. The van der Waals surface area contributed by atoms with Gasteiger partial charge in [0, 0.05) is 20.1 Å². The number of aliphatic imine (C=N–C) groups is 1. The Hall–Kier alpha value is -2.08. The Morgan fingerprint density at radius 3 is 2.96 bits per heavy atom. The lowest BCUT2D eigenvalue weighted by Gasteiger charge is -2.35. The summed E-state index contributed by atoms with van der Waals surface area (Å²) in [6.07, 6.45) is 0.352. The first kappa shape index (κ1) is 17.3. The number of rotatable bonds is 4. The standard InChI is InChI=1S/C17H25N3O3/c1-13-6-4-5-7-14(13)15-12-20(10-11-23-15)17(18-2)19-9-8-16(21)22-3/h4-7,15H,8-12H2,1-3H3,(H,18,19). The van der Waals surface area contributed by atoms with E-state index in [4.69, 9.17) is 4.74 Å². The van der Waals surface area contributed by atoms with Crippen molar-refractivity contribution < 1.29 is 14.3 Å². The van der Waals surface area contributed by atoms with E-state index in [1.165, 1.54) is 18.2 Å². The van der Waals surface area contributed by atoms with Crippen molar-refractivity contribution >= 4 is 11.9 Å². The number of aryl methyl sites for hydroxylation is 1. The van der Waals surface area contributed by atoms with Gasteiger partial charge in [-0.1, -0.05) is 24.3 Å². The second-order valence-electron chi connectivity index (χ2n) is 5.46. The lowest BCUT2D eigenvalue weighted by molar-refractivity contribution is -0.140. The maximum absolute atomic E-state index is 11.2. The van der Waals surface area contributed by atoms with Crippen molar-refractivity contribution in [2.75, 3.05) is 40.4 Å². The van der Waals surface area contributed by atoms with E-state index in [1.54, 1.807) is 7.05 Å². The van der Waals surface area contributed by atoms with Crippen LogP contribution in [0.25, 0.3) is 0 Å². The highest BCUT2D eigenvalue weighted by molar-refractivity contribution is 5.80. The fourth-order valence-electron chi connectivity index (χ4n) is 2.69. The first-order chi connectivity index (χ1) is 11.2. The molecule has 1 aliphatic rings. The van der Waals surface area contributed by atoms with Crippen molar-refractivity contribution in [2.45, 2.75) is 19.4 Å². The quantitative estimate of drug-likeness (QED) is 0.518. The molecule has 1 aliphatic heterocycles. The van der Waals surface area contributed by atoms with E-state index < -0.39 is 0 Å². The first-order valence-electron chi connectivity index (χ1n) is 7.85. The number of hydrogen-bond donors (Lipinski definition) is 1. The molecule has 1 heterocycles. The van der Waals surface area contributed by atoms with Gasteiger partial charge in [0.15, 0.2) is 5.96 Å². The summed E-state index contributed by atoms with van der Waals surface area (Å²) in [6.45, 7) is 4.77. The Morgan fingerprint density at radius 2 is 2.26 bits per heavy atom. The maximum atomic E-state index is 11.2. The summed E-state index contributed by atoms with van der Waals surface area (Å²) < 4.78 is 10.6. The minimum atomic E-state index is -0.229. The van der Waals surface area contributed by atoms with Gasteiger partial charge in [-0.05, 0) is 18.1 Å². The summed E-state index contributed by atoms with van der Waals surface area (Å²) in [5.41, 5.74) is 2.44. The van der Waals surface area contributed by atoms with Crippen LogP contribution in [0, 0.1) is 6.92 Å². The molecule has 1 fully saturated rings. The van der Waals surface area contributed by atoms with E-state index in [1.807, 2.05) is 12.1 Å². The Morgan fingerprint density at radius 1 is 1.48 bits per heavy atom. The first-order valence-corrected chi connectivity index (χ1v) is 7.85. The summed E-state index contributed by atoms with van der Waals surface area (Å²) >= 11 is 0. The molecule has 0 aliphatic carbocycles. The molecule has 1 aromatic carbocycles. The summed E-state index contributed by atoms with van der Waals surface area (Å²) in [5.74, 6) is 0.559. The van der Waals surface area contributed by atoms with Gasteiger partial charge in [-0.2, -0.15) is 0 Å². The molecule has 23 heavy (non-hydrogen) atoms. The van der Waals surface area contributed by atoms with Crippen molar-refractivity contribution in [3.05, 3.63) is 35.4 Å². The molecule has 126 valence electrons. The highest BCUT2D eigenvalue weighted by Crippen LogP contribution is 2.24. The van der Waals surface area contributed by atoms with Crippen LogP contribution in [0.4, 0.5) is 0 Å². The van der Waals surface area contributed by atoms with E-state index >= 15 is 0 Å². The van der Waals surface area contributed by atoms with Gasteiger partial charge in [0.1, 0.15) is 6.10 Å². The number of benzene rings is 1. The number of carbonyl (C=O) groups is 1. The van der Waals surface area contributed by atoms with Gasteiger partial charge in [0.05, 0.1) is 26.7 Å². The lowest BCUT2D eigenvalue weighted by Crippen LogP contribution is -2.48. The minimum absolute atomic E-state index is 0.0316. The average Bonchev–Trinajstić information content (AvgIpc) is 2.59. The Bertz CT molecular complexity index is 560. The number of ether oxygens (including phenoxy) is 2. The van der Waals surface area contributed by atoms with E-state index in [-0.39, 0.29) is 12.1 Å². The highest BCUT2D eigenvalue weighted by atomic mass is 16.5. The molecule has 1 N–H and O–H groups in total. The minimum Gasteiger partial charge on any atom is -0.469 e. The molecule has 6 nitrogen and oxygen atoms in total. The number of esters is 1. The zero-order valence-corrected chi connectivity index (χ0v) is 14.0. The molecule has 0 aromatic heterocycles. The number of nitrogens with one attached hydrogen (secondary N) is 1. The van der Waals surface area contributed by atoms with Crippen molar-refractivity contribution in [2.24, 2.45) is 4.99 Å². The monoisotopic (exact) mass is 319 g/mol. The third kappa shape index (κ3) is 4.69. The van der Waals surface area contributed by atoms with E-state index in [0.29, 0.717) is 19.6 Å². The predicted molar refractivity (Wildman–Crippen MR) is 89.4 cm³/mol. The van der Waals surface area contributed by atoms with E-state index in [0.717, 1.165) is 19.0 Å². The zero-order chi connectivity index (χ0) is 16.7. The predicted octanol–water partition coefficient (Wildman–Crippen LogP) is 1.51. The Balaban J connectivity index is 1.96. The molecule has 0 saturated carbocycles. The number of nitrogens with zero attached hydrogens (tertiary/aromatic N) is 2. The molecular weight excluding hydrogens is 294 g/mol. The largest absolute Gasteiger partial charge is 0.469 e. The SMILES string of the molecule is CN=C(NCCC(=O)OC)N1CCOC(c2ccccc2C)C1. The normalized spacial score (nSPS) is 18.7. The van der Waals surface area contributed by atoms with Gasteiger partial charge >= 0.3 is 5.97 Å². The van der Waals surface area contributed by atoms with Crippen molar-refractivity contribution in [1.29, 1.82) is 0 Å². The van der Waals surface area contributed by atoms with Crippen LogP contribution in [0.2, 0.25) is 0 Å². The average molecular weight is 319 g/mol. The summed E-state index contributed by atoms with van der Waals surface area (Å²) in [5, 5.41) is 3.21. The fourth-order valence-corrected chi connectivity index (χ4v) is 2.69. The summed E-state index contributed by atoms with van der Waals surface area (Å²) in [4.78, 5) is 17.7. The molecule has 0 bridgehead atoms. The number of methoxy groups -OCH3 is 1. The maximum Gasteiger partial charge on any atom is 0.307 e. The van der Waals surface area contributed by atoms with E-state index in [9.17, 15) is 4.79 Å². The highest BCUT2D eigenvalue weighted by Gasteiger charge is 2.25. The zero-order valence-electron chi connectivity index (χ0n) is 14.0. The molecule has 0 radical (unpaired) electrons. The third-order valence-corrected chi connectivity index (χ3v) is 3.95. The van der Waals surface area contributed by atoms with Gasteiger partial charge in [-0.15, -0.1) is 0 Å². The van der Waals surface area contributed by atoms with Crippen molar-refractivity contribution in [3.63, 3.8) is 0 Å². The smallest absolute Gasteiger partial charge is 0.307 e. The number of hydrogen-bond acceptors (Lipinski definition) is 4. The van der Waals surface area contributed by atoms with Crippen LogP contribution in [-0.4, -0.2) is 57.2 Å². The fraction of sp³-hybridized carbons (Fsp3) is 0.529. The van der Waals surface area contributed by atoms with Gasteiger partial charge in [-0.3, -0.25) is 9.79 Å². The van der Waals surface area contributed by atoms with Crippen LogP contribution in [0.3, 0.4) is 0 Å². The molecule has 1 unspecified atom stereocenters. The molecule has 1 saturated heterocycles. The van der Waals surface area contributed by atoms with Gasteiger partial charge in [-0.25, -0.2) is 0 Å². The molecule has 1 atom stereocenters. The van der Waals surface area contributed by atoms with Crippen molar-refractivity contribution in [1.82, 2.24) is 10.2 Å². The number of carbonyl (C=O) groups excluding carboxylic acids is 1. The molecule has 2 rings (SSSR count). The van der Waals surface area contributed by atoms with Gasteiger partial charge in [0.25, 0.3) is 0 Å². The second-order valence-corrected chi connectivity index (χ2v) is 5.46.